The van der Waals surface area contributed by atoms with E-state index < -0.39 is 0 Å². The van der Waals surface area contributed by atoms with Gasteiger partial charge in [-0.05, 0) is 6.08 Å². The minimum atomic E-state index is 0.909. The summed E-state index contributed by atoms with van der Waals surface area (Å²) in [6.07, 6.45) is 7.75. The molecule has 2 heterocycles. The highest BCUT2D eigenvalue weighted by atomic mass is 15.6. The highest BCUT2D eigenvalue weighted by Crippen LogP contribution is 2.10. The van der Waals surface area contributed by atoms with Gasteiger partial charge in [-0.15, -0.1) is 0 Å². The van der Waals surface area contributed by atoms with E-state index in [4.69, 9.17) is 0 Å². The van der Waals surface area contributed by atoms with Crippen LogP contribution in [-0.2, 0) is 0 Å². The first kappa shape index (κ1) is 4.61. The van der Waals surface area contributed by atoms with Crippen LogP contribution in [0.15, 0.2) is 29.0 Å². The van der Waals surface area contributed by atoms with Crippen molar-refractivity contribution in [3.8, 4) is 0 Å². The fourth-order valence-electron chi connectivity index (χ4n) is 0.900. The van der Waals surface area contributed by atoms with Crippen molar-refractivity contribution < 1.29 is 0 Å². The molecule has 2 aliphatic rings. The van der Waals surface area contributed by atoms with E-state index in [1.54, 1.807) is 6.34 Å². The molecule has 0 fully saturated rings. The molecular weight excluding hydrogens is 114 g/mol. The Morgan fingerprint density at radius 2 is 2.67 bits per heavy atom. The second-order valence-electron chi connectivity index (χ2n) is 1.95. The molecule has 1 N–H and O–H groups in total. The maximum atomic E-state index is 4.06. The second-order valence-corrected chi connectivity index (χ2v) is 1.95. The monoisotopic (exact) mass is 121 g/mol. The van der Waals surface area contributed by atoms with Gasteiger partial charge in [-0.1, -0.05) is 12.2 Å². The van der Waals surface area contributed by atoms with E-state index in [1.807, 2.05) is 17.2 Å². The third-order valence-electron chi connectivity index (χ3n) is 1.36. The zero-order chi connectivity index (χ0) is 6.10. The fourth-order valence-corrected chi connectivity index (χ4v) is 0.900. The van der Waals surface area contributed by atoms with Gasteiger partial charge in [-0.3, -0.25) is 10.4 Å². The lowest BCUT2D eigenvalue weighted by atomic mass is 10.4. The summed E-state index contributed by atoms with van der Waals surface area (Å²) in [5, 5.41) is 1.97. The van der Waals surface area contributed by atoms with E-state index >= 15 is 0 Å². The molecule has 3 nitrogen and oxygen atoms in total. The number of aliphatic imine (C=N–C) groups is 1. The molecule has 0 bridgehead atoms. The van der Waals surface area contributed by atoms with Gasteiger partial charge in [0.2, 0.25) is 0 Å². The second kappa shape index (κ2) is 1.62. The number of nitrogens with zero attached hydrogens (tertiary/aromatic N) is 2. The summed E-state index contributed by atoms with van der Waals surface area (Å²) in [4.78, 5) is 4.06. The molecule has 0 unspecified atom stereocenters. The minimum absolute atomic E-state index is 0.909. The van der Waals surface area contributed by atoms with Crippen molar-refractivity contribution in [1.82, 2.24) is 10.4 Å². The molecule has 3 heteroatoms. The number of hydrogen-bond acceptors (Lipinski definition) is 3. The van der Waals surface area contributed by atoms with E-state index in [0.29, 0.717) is 0 Å². The van der Waals surface area contributed by atoms with Gasteiger partial charge in [-0.25, -0.2) is 4.99 Å². The molecule has 9 heavy (non-hydrogen) atoms. The number of fused-ring (bicyclic) bond motifs is 1. The Bertz CT molecular complexity index is 202. The SMILES string of the molecule is C1=CCN2NC=NC2=C1. The molecule has 0 saturated heterocycles. The van der Waals surface area contributed by atoms with Crippen molar-refractivity contribution in [3.05, 3.63) is 24.0 Å². The average Bonchev–Trinajstić information content (AvgIpc) is 2.33. The van der Waals surface area contributed by atoms with Gasteiger partial charge in [-0.2, -0.15) is 0 Å². The number of allylic oxidation sites excluding steroid dienone is 2. The van der Waals surface area contributed by atoms with E-state index in [9.17, 15) is 0 Å². The molecule has 0 amide bonds. The molecule has 0 aromatic carbocycles. The van der Waals surface area contributed by atoms with Gasteiger partial charge in [0.15, 0.2) is 0 Å². The van der Waals surface area contributed by atoms with Crippen LogP contribution in [0.5, 0.6) is 0 Å². The topological polar surface area (TPSA) is 27.6 Å². The highest BCUT2D eigenvalue weighted by Gasteiger charge is 2.10. The van der Waals surface area contributed by atoms with Crippen molar-refractivity contribution in [2.45, 2.75) is 0 Å². The Morgan fingerprint density at radius 1 is 1.67 bits per heavy atom. The van der Waals surface area contributed by atoms with E-state index in [-0.39, 0.29) is 0 Å². The van der Waals surface area contributed by atoms with Crippen LogP contribution >= 0.6 is 0 Å². The van der Waals surface area contributed by atoms with Crippen LogP contribution < -0.4 is 5.43 Å². The van der Waals surface area contributed by atoms with Gasteiger partial charge >= 0.3 is 0 Å². The summed E-state index contributed by atoms with van der Waals surface area (Å²) >= 11 is 0. The normalized spacial score (nSPS) is 21.3. The van der Waals surface area contributed by atoms with Gasteiger partial charge in [0.25, 0.3) is 0 Å². The van der Waals surface area contributed by atoms with Crippen molar-refractivity contribution in [3.63, 3.8) is 0 Å². The molecule has 0 aromatic heterocycles. The third-order valence-corrected chi connectivity index (χ3v) is 1.36. The lowest BCUT2D eigenvalue weighted by Crippen LogP contribution is -2.31. The molecule has 46 valence electrons. The Labute approximate surface area is 53.3 Å². The predicted molar refractivity (Wildman–Crippen MR) is 35.6 cm³/mol. The van der Waals surface area contributed by atoms with Crippen LogP contribution in [0.25, 0.3) is 0 Å². The van der Waals surface area contributed by atoms with Crippen molar-refractivity contribution >= 4 is 6.34 Å². The van der Waals surface area contributed by atoms with Crippen LogP contribution in [0.1, 0.15) is 0 Å². The van der Waals surface area contributed by atoms with Gasteiger partial charge in [0, 0.05) is 0 Å². The molecule has 0 spiro atoms. The van der Waals surface area contributed by atoms with Gasteiger partial charge < -0.3 is 0 Å². The lowest BCUT2D eigenvalue weighted by Gasteiger charge is -2.17. The molecule has 2 aliphatic heterocycles. The lowest BCUT2D eigenvalue weighted by molar-refractivity contribution is 0.354. The fraction of sp³-hybridized carbons (Fsp3) is 0.167. The number of hydrazine groups is 1. The summed E-state index contributed by atoms with van der Waals surface area (Å²) in [6.45, 7) is 0.909. The summed E-state index contributed by atoms with van der Waals surface area (Å²) in [6, 6.07) is 0. The summed E-state index contributed by atoms with van der Waals surface area (Å²) < 4.78 is 0. The maximum Gasteiger partial charge on any atom is 0.149 e. The largest absolute Gasteiger partial charge is 0.286 e. The summed E-state index contributed by atoms with van der Waals surface area (Å²) in [5.74, 6) is 0.998. The smallest absolute Gasteiger partial charge is 0.149 e. The first-order chi connectivity index (χ1) is 4.47. The van der Waals surface area contributed by atoms with Crippen LogP contribution in [0.3, 0.4) is 0 Å². The number of rotatable bonds is 0. The zero-order valence-corrected chi connectivity index (χ0v) is 4.91. The first-order valence-corrected chi connectivity index (χ1v) is 2.90. The molecule has 0 aliphatic carbocycles. The minimum Gasteiger partial charge on any atom is -0.286 e. The molecule has 0 atom stereocenters. The van der Waals surface area contributed by atoms with Gasteiger partial charge in [0.1, 0.15) is 12.2 Å². The maximum absolute atomic E-state index is 4.06. The van der Waals surface area contributed by atoms with Crippen molar-refractivity contribution in [2.24, 2.45) is 4.99 Å². The molecule has 0 saturated carbocycles. The summed E-state index contributed by atoms with van der Waals surface area (Å²) in [7, 11) is 0. The Morgan fingerprint density at radius 3 is 3.56 bits per heavy atom. The predicted octanol–water partition coefficient (Wildman–Crippen LogP) is 0.246. The zero-order valence-electron chi connectivity index (χ0n) is 4.91. The highest BCUT2D eigenvalue weighted by molar-refractivity contribution is 5.59. The third kappa shape index (κ3) is 0.614. The summed E-state index contributed by atoms with van der Waals surface area (Å²) in [5.41, 5.74) is 2.98. The van der Waals surface area contributed by atoms with Crippen LogP contribution in [0.2, 0.25) is 0 Å². The first-order valence-electron chi connectivity index (χ1n) is 2.90. The molecular formula is C6H7N3. The standard InChI is InChI=1S/C6H7N3/c1-2-4-9-6(3-1)7-5-8-9/h1-3,5H,4H2,(H,7,8). The van der Waals surface area contributed by atoms with Crippen LogP contribution in [-0.4, -0.2) is 17.9 Å². The van der Waals surface area contributed by atoms with Crippen molar-refractivity contribution in [2.75, 3.05) is 6.54 Å². The quantitative estimate of drug-likeness (QED) is 0.497. The van der Waals surface area contributed by atoms with Gasteiger partial charge in [0.05, 0.1) is 6.54 Å². The number of nitrogens with one attached hydrogen (secondary N) is 1. The molecule has 2 rings (SSSR count). The molecule has 0 radical (unpaired) electrons. The van der Waals surface area contributed by atoms with E-state index in [1.165, 1.54) is 0 Å². The average molecular weight is 121 g/mol. The Kier molecular flexibility index (Phi) is 0.828. The van der Waals surface area contributed by atoms with E-state index in [2.05, 4.69) is 16.5 Å². The van der Waals surface area contributed by atoms with Crippen LogP contribution in [0, 0.1) is 0 Å². The van der Waals surface area contributed by atoms with Crippen molar-refractivity contribution in [1.29, 1.82) is 0 Å². The van der Waals surface area contributed by atoms with E-state index in [0.717, 1.165) is 12.4 Å². The Hall–Kier alpha value is -1.25. The molecule has 0 aromatic rings. The Balaban J connectivity index is 2.31. The van der Waals surface area contributed by atoms with Crippen LogP contribution in [0.4, 0.5) is 0 Å². The number of hydrogen-bond donors (Lipinski definition) is 1.